The van der Waals surface area contributed by atoms with Crippen LogP contribution in [-0.2, 0) is 11.3 Å². The molecule has 0 aliphatic carbocycles. The number of hydrogen-bond acceptors (Lipinski definition) is 8. The number of hydrogen-bond donors (Lipinski definition) is 1. The van der Waals surface area contributed by atoms with Crippen molar-refractivity contribution in [2.75, 3.05) is 35.5 Å². The molecule has 0 saturated heterocycles. The number of rotatable bonds is 8. The quantitative estimate of drug-likeness (QED) is 0.119. The predicted molar refractivity (Wildman–Crippen MR) is 266 cm³/mol. The van der Waals surface area contributed by atoms with E-state index in [0.717, 1.165) is 79.1 Å². The maximum atomic E-state index is 11.6. The summed E-state index contributed by atoms with van der Waals surface area (Å²) in [6.45, 7) is 3.77. The third-order valence-corrected chi connectivity index (χ3v) is 11.5. The zero-order valence-electron chi connectivity index (χ0n) is 34.4. The molecule has 318 valence electrons. The Labute approximate surface area is 393 Å². The molecule has 0 aliphatic rings. The normalized spacial score (nSPS) is 10.4. The molecule has 0 spiro atoms. The van der Waals surface area contributed by atoms with Gasteiger partial charge in [-0.3, -0.25) is 4.79 Å². The summed E-state index contributed by atoms with van der Waals surface area (Å²) < 4.78 is 29.6. The summed E-state index contributed by atoms with van der Waals surface area (Å²) in [7, 11) is 7.73. The van der Waals surface area contributed by atoms with E-state index < -0.39 is 5.97 Å². The highest BCUT2D eigenvalue weighted by molar-refractivity contribution is 9.11. The van der Waals surface area contributed by atoms with E-state index in [1.807, 2.05) is 97.1 Å². The number of aliphatic hydroxyl groups excluding tert-OH is 1. The second-order valence-corrected chi connectivity index (χ2v) is 17.0. The van der Waals surface area contributed by atoms with Gasteiger partial charge < -0.3 is 28.8 Å². The van der Waals surface area contributed by atoms with Crippen LogP contribution in [0.25, 0.3) is 49.2 Å². The van der Waals surface area contributed by atoms with Crippen molar-refractivity contribution in [2.24, 2.45) is 0 Å². The van der Waals surface area contributed by atoms with E-state index in [9.17, 15) is 14.7 Å². The fourth-order valence-electron chi connectivity index (χ4n) is 6.43. The van der Waals surface area contributed by atoms with Gasteiger partial charge >= 0.3 is 5.97 Å². The Morgan fingerprint density at radius 3 is 1.26 bits per heavy atom. The minimum Gasteiger partial charge on any atom is -0.496 e. The van der Waals surface area contributed by atoms with Crippen LogP contribution in [-0.4, -0.2) is 52.9 Å². The molecule has 0 fully saturated rings. The lowest BCUT2D eigenvalue weighted by atomic mass is 10.1. The molecule has 0 radical (unpaired) electrons. The third-order valence-electron chi connectivity index (χ3n) is 9.55. The van der Waals surface area contributed by atoms with Gasteiger partial charge in [-0.1, -0.05) is 101 Å². The Balaban J connectivity index is 0.000000156. The average molecular weight is 1090 g/mol. The number of aliphatic hydroxyl groups is 1. The number of aldehydes is 1. The largest absolute Gasteiger partial charge is 0.496 e. The fraction of sp³-hybridized carbons (Fsp3) is 0.120. The number of carbonyl (C=O) groups excluding carboxylic acids is 2. The Kier molecular flexibility index (Phi) is 17.5. The highest BCUT2D eigenvalue weighted by atomic mass is 79.9. The maximum Gasteiger partial charge on any atom is 0.341 e. The van der Waals surface area contributed by atoms with E-state index in [4.69, 9.17) is 23.7 Å². The van der Waals surface area contributed by atoms with Crippen LogP contribution in [0.1, 0.15) is 31.8 Å². The molecule has 0 saturated carbocycles. The zero-order valence-corrected chi connectivity index (χ0v) is 40.8. The first-order valence-corrected chi connectivity index (χ1v) is 21.9. The molecule has 8 aromatic rings. The minimum absolute atomic E-state index is 0.00831. The average Bonchev–Trinajstić information content (AvgIpc) is 3.29. The first-order chi connectivity index (χ1) is 29.9. The smallest absolute Gasteiger partial charge is 0.341 e. The van der Waals surface area contributed by atoms with Crippen molar-refractivity contribution in [3.8, 4) is 23.0 Å². The summed E-state index contributed by atoms with van der Waals surface area (Å²) in [5.74, 6) is 2.32. The van der Waals surface area contributed by atoms with Crippen LogP contribution in [0.2, 0.25) is 0 Å². The number of ether oxygens (including phenoxy) is 5. The number of methoxy groups -OCH3 is 5. The van der Waals surface area contributed by atoms with Crippen molar-refractivity contribution in [3.63, 3.8) is 0 Å². The van der Waals surface area contributed by atoms with Crippen LogP contribution in [0.3, 0.4) is 0 Å². The lowest BCUT2D eigenvalue weighted by molar-refractivity contribution is 0.0597. The summed E-state index contributed by atoms with van der Waals surface area (Å²) >= 11 is 13.7. The van der Waals surface area contributed by atoms with Crippen LogP contribution in [0, 0.1) is 0 Å². The number of benzene rings is 8. The van der Waals surface area contributed by atoms with E-state index in [0.29, 0.717) is 22.6 Å². The highest BCUT2D eigenvalue weighted by Crippen LogP contribution is 2.31. The summed E-state index contributed by atoms with van der Waals surface area (Å²) in [5.41, 5.74) is 2.83. The summed E-state index contributed by atoms with van der Waals surface area (Å²) in [4.78, 5) is 22.4. The number of halogens is 4. The van der Waals surface area contributed by atoms with Crippen molar-refractivity contribution in [1.29, 1.82) is 0 Å². The SMILES string of the molecule is C=Cc1cc2cc(Br)ccc2cc1OC.COC(=O)c1cc2cc(Br)ccc2cc1OC.COc1cc2ccc(Br)cc2cc1C=O.COc1cc2ccc(Br)cc2cc1CO. The van der Waals surface area contributed by atoms with Crippen LogP contribution in [0.15, 0.2) is 146 Å². The van der Waals surface area contributed by atoms with Gasteiger partial charge in [-0.15, -0.1) is 0 Å². The number of esters is 1. The van der Waals surface area contributed by atoms with Gasteiger partial charge in [0.15, 0.2) is 6.29 Å². The van der Waals surface area contributed by atoms with Gasteiger partial charge in [-0.25, -0.2) is 4.79 Å². The molecule has 0 aliphatic heterocycles. The van der Waals surface area contributed by atoms with Crippen molar-refractivity contribution in [1.82, 2.24) is 0 Å². The van der Waals surface area contributed by atoms with E-state index in [2.05, 4.69) is 88.5 Å². The summed E-state index contributed by atoms with van der Waals surface area (Å²) in [6, 6.07) is 39.2. The van der Waals surface area contributed by atoms with Crippen LogP contribution in [0.4, 0.5) is 0 Å². The van der Waals surface area contributed by atoms with Crippen LogP contribution >= 0.6 is 63.7 Å². The molecule has 8 rings (SSSR count). The Hall–Kier alpha value is -5.24. The van der Waals surface area contributed by atoms with E-state index in [-0.39, 0.29) is 6.61 Å². The lowest BCUT2D eigenvalue weighted by Crippen LogP contribution is -2.04. The monoisotopic (exact) mass is 1090 g/mol. The molecular weight excluding hydrogens is 1050 g/mol. The van der Waals surface area contributed by atoms with Gasteiger partial charge in [0.2, 0.25) is 0 Å². The van der Waals surface area contributed by atoms with Crippen molar-refractivity contribution in [3.05, 3.63) is 168 Å². The first-order valence-electron chi connectivity index (χ1n) is 18.7. The fourth-order valence-corrected chi connectivity index (χ4v) is 7.95. The van der Waals surface area contributed by atoms with Gasteiger partial charge in [0.05, 0.1) is 47.7 Å². The van der Waals surface area contributed by atoms with Gasteiger partial charge in [0.25, 0.3) is 0 Å². The molecule has 0 heterocycles. The van der Waals surface area contributed by atoms with Crippen LogP contribution < -0.4 is 18.9 Å². The number of fused-ring (bicyclic) bond motifs is 4. The first kappa shape index (κ1) is 47.8. The van der Waals surface area contributed by atoms with Gasteiger partial charge in [0, 0.05) is 29.0 Å². The van der Waals surface area contributed by atoms with E-state index in [1.165, 1.54) is 25.0 Å². The van der Waals surface area contributed by atoms with Gasteiger partial charge in [-0.2, -0.15) is 0 Å². The molecule has 8 nitrogen and oxygen atoms in total. The molecule has 0 bridgehead atoms. The molecular formula is C50H42Br4O8. The standard InChI is InChI=1S/C13H11BrO3.C13H11BrO.C12H11BrO2.C12H9BrO2/c1-16-12-7-8-3-4-10(14)5-9(8)6-11(12)13(15)17-2;1-3-9-6-11-7-12(14)5-4-10(11)8-13(9)15-2;2*1-15-12-6-8-2-3-11(13)5-9(8)4-10(12)7-14/h3-7H,1-2H3;3-8H,1H2,2H3;2-6,14H,7H2,1H3;2-7H,1H3. The second-order valence-electron chi connectivity index (χ2n) is 13.3. The Morgan fingerprint density at radius 1 is 0.500 bits per heavy atom. The summed E-state index contributed by atoms with van der Waals surface area (Å²) in [5, 5.41) is 17.8. The minimum atomic E-state index is -0.399. The Bertz CT molecular complexity index is 2800. The van der Waals surface area contributed by atoms with Gasteiger partial charge in [0.1, 0.15) is 28.6 Å². The summed E-state index contributed by atoms with van der Waals surface area (Å²) in [6.07, 6.45) is 2.61. The Morgan fingerprint density at radius 2 is 0.871 bits per heavy atom. The number of carbonyl (C=O) groups is 2. The third kappa shape index (κ3) is 12.0. The van der Waals surface area contributed by atoms with Gasteiger partial charge in [-0.05, 0) is 140 Å². The lowest BCUT2D eigenvalue weighted by Gasteiger charge is -2.09. The molecule has 62 heavy (non-hydrogen) atoms. The van der Waals surface area contributed by atoms with Crippen molar-refractivity contribution < 1.29 is 38.4 Å². The highest BCUT2D eigenvalue weighted by Gasteiger charge is 2.14. The topological polar surface area (TPSA) is 101 Å². The molecule has 0 atom stereocenters. The molecule has 0 aromatic heterocycles. The maximum absolute atomic E-state index is 11.6. The molecule has 8 aromatic carbocycles. The molecule has 12 heteroatoms. The predicted octanol–water partition coefficient (Wildman–Crippen LogP) is 14.2. The van der Waals surface area contributed by atoms with Crippen molar-refractivity contribution in [2.45, 2.75) is 6.61 Å². The van der Waals surface area contributed by atoms with Crippen molar-refractivity contribution >= 4 is 125 Å². The zero-order chi connectivity index (χ0) is 44.9. The van der Waals surface area contributed by atoms with Crippen LogP contribution in [0.5, 0.6) is 23.0 Å². The molecule has 1 N–H and O–H groups in total. The van der Waals surface area contributed by atoms with E-state index in [1.54, 1.807) is 33.5 Å². The second kappa shape index (κ2) is 22.7. The van der Waals surface area contributed by atoms with E-state index >= 15 is 0 Å². The molecule has 0 amide bonds. The molecule has 0 unspecified atom stereocenters.